The molecule has 168 valence electrons. The van der Waals surface area contributed by atoms with Crippen LogP contribution in [0, 0.1) is 5.92 Å². The maximum atomic E-state index is 6.48. The number of fused-ring (bicyclic) bond motifs is 1. The summed E-state index contributed by atoms with van der Waals surface area (Å²) >= 11 is 12.7. The first-order valence-electron chi connectivity index (χ1n) is 11.4. The van der Waals surface area contributed by atoms with Crippen molar-refractivity contribution in [2.45, 2.75) is 45.3 Å². The Morgan fingerprint density at radius 1 is 1.03 bits per heavy atom. The van der Waals surface area contributed by atoms with E-state index in [1.54, 1.807) is 0 Å². The summed E-state index contributed by atoms with van der Waals surface area (Å²) in [4.78, 5) is 14.9. The molecule has 2 aliphatic rings. The van der Waals surface area contributed by atoms with Crippen molar-refractivity contribution in [1.29, 1.82) is 0 Å². The fraction of sp³-hybridized carbons (Fsp3) is 0.440. The van der Waals surface area contributed by atoms with E-state index in [4.69, 9.17) is 33.2 Å². The molecular formula is C25H29Cl2N5. The van der Waals surface area contributed by atoms with E-state index in [0.29, 0.717) is 18.0 Å². The average Bonchev–Trinajstić information content (AvgIpc) is 3.60. The van der Waals surface area contributed by atoms with Crippen LogP contribution < -0.4 is 10.2 Å². The third kappa shape index (κ3) is 4.66. The first-order valence-corrected chi connectivity index (χ1v) is 12.2. The van der Waals surface area contributed by atoms with Crippen molar-refractivity contribution >= 4 is 45.9 Å². The summed E-state index contributed by atoms with van der Waals surface area (Å²) in [5.41, 5.74) is 2.96. The first-order chi connectivity index (χ1) is 15.5. The number of hydrogen-bond acceptors (Lipinski definition) is 5. The van der Waals surface area contributed by atoms with Crippen molar-refractivity contribution in [3.8, 4) is 0 Å². The Morgan fingerprint density at radius 2 is 1.78 bits per heavy atom. The van der Waals surface area contributed by atoms with Crippen molar-refractivity contribution in [3.05, 3.63) is 58.1 Å². The topological polar surface area (TPSA) is 44.3 Å². The Hall–Kier alpha value is -2.08. The molecule has 32 heavy (non-hydrogen) atoms. The van der Waals surface area contributed by atoms with E-state index >= 15 is 0 Å². The highest BCUT2D eigenvalue weighted by atomic mass is 35.5. The van der Waals surface area contributed by atoms with Crippen LogP contribution in [0.3, 0.4) is 0 Å². The zero-order valence-corrected chi connectivity index (χ0v) is 20.1. The first kappa shape index (κ1) is 21.7. The second kappa shape index (κ2) is 9.05. The van der Waals surface area contributed by atoms with Gasteiger partial charge in [0.05, 0.1) is 11.0 Å². The van der Waals surface area contributed by atoms with Crippen molar-refractivity contribution in [3.63, 3.8) is 0 Å². The van der Waals surface area contributed by atoms with Gasteiger partial charge in [0.2, 0.25) is 0 Å². The summed E-state index contributed by atoms with van der Waals surface area (Å²) in [6.07, 6.45) is 2.41. The number of piperazine rings is 1. The minimum Gasteiger partial charge on any atom is -0.364 e. The molecule has 2 aromatic carbocycles. The predicted octanol–water partition coefficient (Wildman–Crippen LogP) is 5.86. The van der Waals surface area contributed by atoms with E-state index in [9.17, 15) is 0 Å². The van der Waals surface area contributed by atoms with E-state index < -0.39 is 0 Å². The molecule has 7 heteroatoms. The molecule has 1 unspecified atom stereocenters. The van der Waals surface area contributed by atoms with Gasteiger partial charge in [-0.25, -0.2) is 9.97 Å². The lowest BCUT2D eigenvalue weighted by molar-refractivity contribution is 0.130. The van der Waals surface area contributed by atoms with E-state index in [2.05, 4.69) is 29.0 Å². The van der Waals surface area contributed by atoms with Crippen molar-refractivity contribution in [1.82, 2.24) is 14.9 Å². The van der Waals surface area contributed by atoms with Gasteiger partial charge in [-0.1, -0.05) is 49.2 Å². The molecule has 2 heterocycles. The zero-order valence-electron chi connectivity index (χ0n) is 18.6. The maximum Gasteiger partial charge on any atom is 0.172 e. The summed E-state index contributed by atoms with van der Waals surface area (Å²) in [7, 11) is 0. The summed E-state index contributed by atoms with van der Waals surface area (Å²) in [5, 5.41) is 5.12. The number of nitrogens with zero attached hydrogens (tertiary/aromatic N) is 4. The predicted molar refractivity (Wildman–Crippen MR) is 134 cm³/mol. The van der Waals surface area contributed by atoms with E-state index in [1.807, 2.05) is 42.5 Å². The van der Waals surface area contributed by atoms with Crippen LogP contribution in [0.1, 0.15) is 32.3 Å². The number of rotatable bonds is 6. The molecule has 1 saturated heterocycles. The molecule has 0 amide bonds. The highest BCUT2D eigenvalue weighted by molar-refractivity contribution is 6.33. The van der Waals surface area contributed by atoms with Gasteiger partial charge in [0.25, 0.3) is 0 Å². The largest absolute Gasteiger partial charge is 0.364 e. The Kier molecular flexibility index (Phi) is 6.15. The Bertz CT molecular complexity index is 1110. The minimum absolute atomic E-state index is 0.376. The van der Waals surface area contributed by atoms with Gasteiger partial charge in [0.15, 0.2) is 11.6 Å². The Morgan fingerprint density at radius 3 is 2.50 bits per heavy atom. The fourth-order valence-corrected chi connectivity index (χ4v) is 4.85. The van der Waals surface area contributed by atoms with Crippen molar-refractivity contribution in [2.24, 2.45) is 5.92 Å². The van der Waals surface area contributed by atoms with Gasteiger partial charge >= 0.3 is 0 Å². The van der Waals surface area contributed by atoms with Crippen LogP contribution in [0.15, 0.2) is 42.5 Å². The van der Waals surface area contributed by atoms with Crippen LogP contribution in [0.25, 0.3) is 11.0 Å². The van der Waals surface area contributed by atoms with Crippen LogP contribution in [-0.2, 0) is 6.54 Å². The van der Waals surface area contributed by atoms with Crippen LogP contribution >= 0.6 is 23.2 Å². The lowest BCUT2D eigenvalue weighted by atomic mass is 9.98. The van der Waals surface area contributed by atoms with Crippen LogP contribution in [0.2, 0.25) is 10.0 Å². The van der Waals surface area contributed by atoms with Gasteiger partial charge in [0.1, 0.15) is 0 Å². The lowest BCUT2D eigenvalue weighted by Gasteiger charge is -2.44. The van der Waals surface area contributed by atoms with Crippen LogP contribution in [0.5, 0.6) is 0 Å². The third-order valence-corrected chi connectivity index (χ3v) is 7.06. The summed E-state index contributed by atoms with van der Waals surface area (Å²) in [6, 6.07) is 14.7. The quantitative estimate of drug-likeness (QED) is 0.489. The molecule has 1 saturated carbocycles. The van der Waals surface area contributed by atoms with E-state index in [-0.39, 0.29) is 0 Å². The molecule has 0 spiro atoms. The molecule has 0 bridgehead atoms. The molecule has 0 radical (unpaired) electrons. The van der Waals surface area contributed by atoms with Gasteiger partial charge in [-0.05, 0) is 54.7 Å². The third-order valence-electron chi connectivity index (χ3n) is 6.45. The molecule has 5 nitrogen and oxygen atoms in total. The van der Waals surface area contributed by atoms with Gasteiger partial charge in [-0.3, -0.25) is 4.90 Å². The monoisotopic (exact) mass is 469 g/mol. The fourth-order valence-electron chi connectivity index (χ4n) is 4.48. The average molecular weight is 470 g/mol. The Labute approximate surface area is 199 Å². The normalized spacial score (nSPS) is 19.7. The van der Waals surface area contributed by atoms with Gasteiger partial charge in [-0.2, -0.15) is 0 Å². The summed E-state index contributed by atoms with van der Waals surface area (Å²) < 4.78 is 0. The number of hydrogen-bond donors (Lipinski definition) is 1. The van der Waals surface area contributed by atoms with Gasteiger partial charge in [0, 0.05) is 48.3 Å². The van der Waals surface area contributed by atoms with E-state index in [1.165, 1.54) is 12.8 Å². The Balaban J connectivity index is 1.42. The van der Waals surface area contributed by atoms with Crippen molar-refractivity contribution < 1.29 is 0 Å². The molecule has 1 aromatic heterocycles. The highest BCUT2D eigenvalue weighted by Gasteiger charge is 2.32. The number of para-hydroxylation sites is 2. The molecule has 3 aromatic rings. The highest BCUT2D eigenvalue weighted by Crippen LogP contribution is 2.33. The standard InChI is InChI=1S/C25H29Cl2N5/c1-16(2)23-15-32(12-11-31(23)14-17-13-18(26)7-10-20(17)27)25-24(28-19-8-9-19)29-21-5-3-4-6-22(21)30-25/h3-7,10,13,16,19,23H,8-9,11-12,14-15H2,1-2H3,(H,28,29). The van der Waals surface area contributed by atoms with Crippen LogP contribution in [-0.4, -0.2) is 46.6 Å². The number of anilines is 2. The molecule has 2 fully saturated rings. The number of aromatic nitrogens is 2. The summed E-state index contributed by atoms with van der Waals surface area (Å²) in [6.45, 7) is 8.11. The molecular weight excluding hydrogens is 441 g/mol. The van der Waals surface area contributed by atoms with Gasteiger partial charge < -0.3 is 10.2 Å². The SMILES string of the molecule is CC(C)C1CN(c2nc3ccccc3nc2NC2CC2)CCN1Cc1cc(Cl)ccc1Cl. The molecule has 1 N–H and O–H groups in total. The van der Waals surface area contributed by atoms with Crippen LogP contribution in [0.4, 0.5) is 11.6 Å². The number of halogens is 2. The number of nitrogens with one attached hydrogen (secondary N) is 1. The molecule has 1 aliphatic carbocycles. The van der Waals surface area contributed by atoms with Gasteiger partial charge in [-0.15, -0.1) is 0 Å². The number of benzene rings is 2. The smallest absolute Gasteiger partial charge is 0.172 e. The van der Waals surface area contributed by atoms with E-state index in [0.717, 1.165) is 64.5 Å². The molecule has 5 rings (SSSR count). The van der Waals surface area contributed by atoms with Crippen molar-refractivity contribution in [2.75, 3.05) is 29.9 Å². The molecule has 1 atom stereocenters. The second-order valence-electron chi connectivity index (χ2n) is 9.27. The maximum absolute atomic E-state index is 6.48. The lowest BCUT2D eigenvalue weighted by Crippen LogP contribution is -2.55. The minimum atomic E-state index is 0.376. The molecule has 1 aliphatic heterocycles. The zero-order chi connectivity index (χ0) is 22.2. The second-order valence-corrected chi connectivity index (χ2v) is 10.1. The summed E-state index contributed by atoms with van der Waals surface area (Å²) in [5.74, 6) is 2.38.